The van der Waals surface area contributed by atoms with Crippen LogP contribution in [0.25, 0.3) is 0 Å². The number of ketones is 1. The van der Waals surface area contributed by atoms with E-state index in [-0.39, 0.29) is 24.4 Å². The van der Waals surface area contributed by atoms with Gasteiger partial charge in [-0.25, -0.2) is 4.79 Å². The number of nitrogens with one attached hydrogen (secondary N) is 1. The van der Waals surface area contributed by atoms with Crippen molar-refractivity contribution in [3.63, 3.8) is 0 Å². The molecule has 1 N–H and O–H groups in total. The van der Waals surface area contributed by atoms with Gasteiger partial charge in [0, 0.05) is 42.1 Å². The summed E-state index contributed by atoms with van der Waals surface area (Å²) in [6.07, 6.45) is 1.06. The van der Waals surface area contributed by atoms with Crippen LogP contribution in [-0.2, 0) is 19.1 Å². The van der Waals surface area contributed by atoms with Crippen molar-refractivity contribution in [2.75, 3.05) is 41.7 Å². The lowest BCUT2D eigenvalue weighted by atomic mass is 9.68. The van der Waals surface area contributed by atoms with E-state index in [1.807, 2.05) is 6.92 Å². The van der Waals surface area contributed by atoms with Crippen molar-refractivity contribution in [2.45, 2.75) is 39.5 Å². The zero-order valence-electron chi connectivity index (χ0n) is 20.4. The Bertz CT molecular complexity index is 1010. The highest BCUT2D eigenvalue weighted by atomic mass is 16.6. The quantitative estimate of drug-likeness (QED) is 0.466. The van der Waals surface area contributed by atoms with Gasteiger partial charge in [-0.3, -0.25) is 4.79 Å². The van der Waals surface area contributed by atoms with Crippen molar-refractivity contribution in [2.24, 2.45) is 5.41 Å². The second kappa shape index (κ2) is 9.87. The van der Waals surface area contributed by atoms with E-state index in [1.165, 1.54) is 21.3 Å². The lowest BCUT2D eigenvalue weighted by Crippen LogP contribution is -2.39. The molecule has 0 fully saturated rings. The Balaban J connectivity index is 2.23. The maximum absolute atomic E-state index is 13.5. The summed E-state index contributed by atoms with van der Waals surface area (Å²) >= 11 is 0. The minimum atomic E-state index is -0.672. The molecule has 8 nitrogen and oxygen atoms in total. The summed E-state index contributed by atoms with van der Waals surface area (Å²) in [6.45, 7) is 6.33. The summed E-state index contributed by atoms with van der Waals surface area (Å²) in [5, 5.41) is 3.32. The third-order valence-corrected chi connectivity index (χ3v) is 6.03. The predicted octanol–water partition coefficient (Wildman–Crippen LogP) is 3.51. The number of hydrogen-bond donors (Lipinski definition) is 1. The van der Waals surface area contributed by atoms with E-state index < -0.39 is 11.9 Å². The van der Waals surface area contributed by atoms with Crippen LogP contribution in [0.1, 0.15) is 45.1 Å². The van der Waals surface area contributed by atoms with Crippen molar-refractivity contribution in [1.29, 1.82) is 0 Å². The summed E-state index contributed by atoms with van der Waals surface area (Å²) in [7, 11) is 6.16. The standard InChI is InChI=1S/C25H33NO7/c1-14-21(24(28)33-9-8-29-4)22(23-16(26-14)12-25(2,3)13-17(23)27)15-10-19(31-6)20(32-7)11-18(15)30-5/h10-11,22,26H,8-9,12-13H2,1-7H3/t22-/m0/s1. The first-order valence-electron chi connectivity index (χ1n) is 10.9. The Morgan fingerprint density at radius 3 is 2.24 bits per heavy atom. The van der Waals surface area contributed by atoms with Gasteiger partial charge in [0.25, 0.3) is 0 Å². The molecule has 0 radical (unpaired) electrons. The van der Waals surface area contributed by atoms with Crippen LogP contribution in [0.15, 0.2) is 34.7 Å². The Morgan fingerprint density at radius 1 is 1.00 bits per heavy atom. The lowest BCUT2D eigenvalue weighted by Gasteiger charge is -2.39. The van der Waals surface area contributed by atoms with E-state index in [9.17, 15) is 9.59 Å². The van der Waals surface area contributed by atoms with Gasteiger partial charge in [-0.1, -0.05) is 13.8 Å². The summed E-state index contributed by atoms with van der Waals surface area (Å²) in [6, 6.07) is 3.47. The maximum Gasteiger partial charge on any atom is 0.336 e. The van der Waals surface area contributed by atoms with E-state index in [0.717, 1.165) is 5.70 Å². The summed E-state index contributed by atoms with van der Waals surface area (Å²) in [5.74, 6) is 0.256. The zero-order valence-corrected chi connectivity index (χ0v) is 20.4. The van der Waals surface area contributed by atoms with Gasteiger partial charge in [0.2, 0.25) is 0 Å². The van der Waals surface area contributed by atoms with Crippen LogP contribution in [0.3, 0.4) is 0 Å². The Hall–Kier alpha value is -3.00. The Morgan fingerprint density at radius 2 is 1.64 bits per heavy atom. The molecule has 33 heavy (non-hydrogen) atoms. The van der Waals surface area contributed by atoms with Crippen molar-refractivity contribution >= 4 is 11.8 Å². The molecule has 0 spiro atoms. The van der Waals surface area contributed by atoms with E-state index in [2.05, 4.69) is 19.2 Å². The fraction of sp³-hybridized carbons (Fsp3) is 0.520. The number of hydrogen-bond acceptors (Lipinski definition) is 8. The predicted molar refractivity (Wildman–Crippen MR) is 123 cm³/mol. The average Bonchev–Trinajstić information content (AvgIpc) is 2.76. The molecule has 2 aliphatic rings. The van der Waals surface area contributed by atoms with Crippen molar-refractivity contribution < 1.29 is 33.3 Å². The molecule has 0 unspecified atom stereocenters. The first kappa shape index (κ1) is 24.6. The van der Waals surface area contributed by atoms with Crippen LogP contribution in [0.4, 0.5) is 0 Å². The van der Waals surface area contributed by atoms with E-state index in [1.54, 1.807) is 19.2 Å². The minimum Gasteiger partial charge on any atom is -0.496 e. The molecule has 0 amide bonds. The molecular weight excluding hydrogens is 426 g/mol. The molecule has 1 aliphatic carbocycles. The second-order valence-electron chi connectivity index (χ2n) is 9.01. The second-order valence-corrected chi connectivity index (χ2v) is 9.01. The van der Waals surface area contributed by atoms with Gasteiger partial charge in [0.05, 0.1) is 39.4 Å². The van der Waals surface area contributed by atoms with E-state index in [4.69, 9.17) is 23.7 Å². The summed E-state index contributed by atoms with van der Waals surface area (Å²) in [4.78, 5) is 26.7. The molecule has 0 aromatic heterocycles. The van der Waals surface area contributed by atoms with Crippen LogP contribution >= 0.6 is 0 Å². The Labute approximate surface area is 194 Å². The Kier molecular flexibility index (Phi) is 7.37. The van der Waals surface area contributed by atoms with Gasteiger partial charge in [-0.15, -0.1) is 0 Å². The maximum atomic E-state index is 13.5. The third kappa shape index (κ3) is 4.85. The van der Waals surface area contributed by atoms with Gasteiger partial charge in [0.1, 0.15) is 12.4 Å². The molecule has 3 rings (SSSR count). The highest BCUT2D eigenvalue weighted by molar-refractivity contribution is 6.04. The molecular formula is C25H33NO7. The summed E-state index contributed by atoms with van der Waals surface area (Å²) in [5.41, 5.74) is 2.83. The smallest absolute Gasteiger partial charge is 0.336 e. The zero-order chi connectivity index (χ0) is 24.3. The minimum absolute atomic E-state index is 0.00900. The van der Waals surface area contributed by atoms with Gasteiger partial charge >= 0.3 is 5.97 Å². The number of Topliss-reactive ketones (excluding diaryl/α,β-unsaturated/α-hetero) is 1. The van der Waals surface area contributed by atoms with Crippen LogP contribution < -0.4 is 19.5 Å². The molecule has 1 aromatic carbocycles. The average molecular weight is 460 g/mol. The first-order chi connectivity index (χ1) is 15.7. The van der Waals surface area contributed by atoms with Gasteiger partial charge in [-0.05, 0) is 24.8 Å². The van der Waals surface area contributed by atoms with Crippen LogP contribution in [0.2, 0.25) is 0 Å². The highest BCUT2D eigenvalue weighted by Crippen LogP contribution is 2.50. The number of carbonyl (C=O) groups is 2. The number of allylic oxidation sites excluding steroid dienone is 3. The number of benzene rings is 1. The topological polar surface area (TPSA) is 92.3 Å². The van der Waals surface area contributed by atoms with Gasteiger partial charge < -0.3 is 29.0 Å². The molecule has 0 saturated heterocycles. The van der Waals surface area contributed by atoms with Crippen LogP contribution in [0.5, 0.6) is 17.2 Å². The van der Waals surface area contributed by atoms with Gasteiger partial charge in [-0.2, -0.15) is 0 Å². The fourth-order valence-corrected chi connectivity index (χ4v) is 4.59. The molecule has 8 heteroatoms. The molecule has 0 saturated carbocycles. The SMILES string of the molecule is COCCOC(=O)C1=C(C)NC2=C(C(=O)CC(C)(C)C2)[C@H]1c1cc(OC)c(OC)cc1OC. The molecule has 1 atom stereocenters. The highest BCUT2D eigenvalue weighted by Gasteiger charge is 2.44. The number of rotatable bonds is 8. The van der Waals surface area contributed by atoms with Gasteiger partial charge in [0.15, 0.2) is 17.3 Å². The molecule has 180 valence electrons. The van der Waals surface area contributed by atoms with Crippen LogP contribution in [0, 0.1) is 5.41 Å². The lowest BCUT2D eigenvalue weighted by molar-refractivity contribution is -0.140. The van der Waals surface area contributed by atoms with Crippen LogP contribution in [-0.4, -0.2) is 53.4 Å². The number of esters is 1. The number of carbonyl (C=O) groups excluding carboxylic acids is 2. The van der Waals surface area contributed by atoms with E-state index >= 15 is 0 Å². The first-order valence-corrected chi connectivity index (χ1v) is 10.9. The largest absolute Gasteiger partial charge is 0.496 e. The number of methoxy groups -OCH3 is 4. The molecule has 1 aromatic rings. The van der Waals surface area contributed by atoms with Crippen molar-refractivity contribution in [3.8, 4) is 17.2 Å². The van der Waals surface area contributed by atoms with Crippen molar-refractivity contribution in [3.05, 3.63) is 40.2 Å². The fourth-order valence-electron chi connectivity index (χ4n) is 4.59. The van der Waals surface area contributed by atoms with Crippen molar-refractivity contribution in [1.82, 2.24) is 5.32 Å². The van der Waals surface area contributed by atoms with E-state index in [0.29, 0.717) is 52.5 Å². The molecule has 0 bridgehead atoms. The monoisotopic (exact) mass is 459 g/mol. The number of ether oxygens (including phenoxy) is 5. The third-order valence-electron chi connectivity index (χ3n) is 6.03. The summed E-state index contributed by atoms with van der Waals surface area (Å²) < 4.78 is 27.1. The molecule has 1 aliphatic heterocycles. The molecule has 1 heterocycles. The number of dihydropyridines is 1. The normalized spacial score (nSPS) is 19.6.